The Hall–Kier alpha value is -1.43. The number of hydrogen-bond donors (Lipinski definition) is 0. The van der Waals surface area contributed by atoms with Crippen LogP contribution >= 0.6 is 11.3 Å². The van der Waals surface area contributed by atoms with E-state index in [2.05, 4.69) is 11.9 Å². The van der Waals surface area contributed by atoms with Crippen molar-refractivity contribution in [3.05, 3.63) is 16.1 Å². The van der Waals surface area contributed by atoms with Crippen molar-refractivity contribution in [2.75, 3.05) is 26.2 Å². The lowest BCUT2D eigenvalue weighted by Crippen LogP contribution is -2.50. The zero-order chi connectivity index (χ0) is 14.5. The van der Waals surface area contributed by atoms with E-state index in [1.807, 2.05) is 11.8 Å². The first-order valence-electron chi connectivity index (χ1n) is 7.11. The molecule has 2 rings (SSSR count). The summed E-state index contributed by atoms with van der Waals surface area (Å²) in [6.45, 7) is 6.46. The first kappa shape index (κ1) is 15.0. The molecule has 0 unspecified atom stereocenters. The number of aromatic nitrogens is 1. The van der Waals surface area contributed by atoms with E-state index in [0.29, 0.717) is 38.3 Å². The second kappa shape index (κ2) is 6.83. The Morgan fingerprint density at radius 2 is 1.90 bits per heavy atom. The fraction of sp³-hybridized carbons (Fsp3) is 0.643. The molecule has 0 radical (unpaired) electrons. The van der Waals surface area contributed by atoms with E-state index in [1.54, 1.807) is 10.3 Å². The van der Waals surface area contributed by atoms with E-state index in [9.17, 15) is 9.59 Å². The summed E-state index contributed by atoms with van der Waals surface area (Å²) in [5, 5.41) is 2.71. The lowest BCUT2D eigenvalue weighted by Gasteiger charge is -2.34. The summed E-state index contributed by atoms with van der Waals surface area (Å²) in [6.07, 6.45) is 2.60. The first-order valence-corrected chi connectivity index (χ1v) is 7.99. The molecule has 0 aliphatic carbocycles. The highest BCUT2D eigenvalue weighted by Crippen LogP contribution is 2.13. The predicted octanol–water partition coefficient (Wildman–Crippen LogP) is 1.93. The number of piperazine rings is 1. The van der Waals surface area contributed by atoms with Gasteiger partial charge in [0.1, 0.15) is 5.69 Å². The number of hydrogen-bond acceptors (Lipinski definition) is 4. The van der Waals surface area contributed by atoms with E-state index >= 15 is 0 Å². The van der Waals surface area contributed by atoms with Gasteiger partial charge in [-0.05, 0) is 13.3 Å². The Morgan fingerprint density at radius 1 is 1.25 bits per heavy atom. The topological polar surface area (TPSA) is 53.5 Å². The van der Waals surface area contributed by atoms with Crippen LogP contribution < -0.4 is 0 Å². The molecule has 0 atom stereocenters. The molecule has 0 bridgehead atoms. The summed E-state index contributed by atoms with van der Waals surface area (Å²) in [5.41, 5.74) is 0.526. The van der Waals surface area contributed by atoms with Crippen LogP contribution in [0.3, 0.4) is 0 Å². The van der Waals surface area contributed by atoms with Crippen molar-refractivity contribution in [1.29, 1.82) is 0 Å². The number of aryl methyl sites for hydroxylation is 1. The molecule has 1 aliphatic heterocycles. The molecule has 5 nitrogen and oxygen atoms in total. The molecule has 2 amide bonds. The van der Waals surface area contributed by atoms with Gasteiger partial charge in [-0.1, -0.05) is 13.3 Å². The molecule has 20 heavy (non-hydrogen) atoms. The number of carbonyl (C=O) groups excluding carboxylic acids is 2. The van der Waals surface area contributed by atoms with Gasteiger partial charge in [-0.15, -0.1) is 11.3 Å². The van der Waals surface area contributed by atoms with Gasteiger partial charge in [0.05, 0.1) is 5.01 Å². The van der Waals surface area contributed by atoms with Crippen molar-refractivity contribution in [2.24, 2.45) is 0 Å². The largest absolute Gasteiger partial charge is 0.339 e. The third kappa shape index (κ3) is 3.56. The minimum absolute atomic E-state index is 0.0185. The maximum absolute atomic E-state index is 12.2. The van der Waals surface area contributed by atoms with Crippen LogP contribution in [0.2, 0.25) is 0 Å². The molecule has 0 N–H and O–H groups in total. The molecule has 0 aromatic carbocycles. The van der Waals surface area contributed by atoms with Crippen LogP contribution in [0.15, 0.2) is 5.38 Å². The monoisotopic (exact) mass is 295 g/mol. The molecule has 1 aromatic heterocycles. The van der Waals surface area contributed by atoms with Gasteiger partial charge in [0, 0.05) is 38.0 Å². The number of thiazole rings is 1. The molecule has 0 spiro atoms. The van der Waals surface area contributed by atoms with E-state index in [1.165, 1.54) is 11.3 Å². The Bertz CT molecular complexity index is 479. The zero-order valence-corrected chi connectivity index (χ0v) is 12.9. The zero-order valence-electron chi connectivity index (χ0n) is 12.1. The molecular formula is C14H21N3O2S. The third-order valence-corrected chi connectivity index (χ3v) is 4.28. The summed E-state index contributed by atoms with van der Waals surface area (Å²) in [6, 6.07) is 0. The predicted molar refractivity (Wildman–Crippen MR) is 78.9 cm³/mol. The lowest BCUT2D eigenvalue weighted by atomic mass is 10.2. The van der Waals surface area contributed by atoms with E-state index in [0.717, 1.165) is 17.8 Å². The molecule has 1 fully saturated rings. The van der Waals surface area contributed by atoms with Crippen molar-refractivity contribution in [2.45, 2.75) is 33.1 Å². The van der Waals surface area contributed by atoms with Crippen LogP contribution in [0.25, 0.3) is 0 Å². The normalized spacial score (nSPS) is 15.5. The molecule has 1 saturated heterocycles. The Balaban J connectivity index is 1.85. The standard InChI is InChI=1S/C14H21N3O2S/c1-3-4-5-13(18)16-6-8-17(9-7-16)14(19)12-10-20-11(2)15-12/h10H,3-9H2,1-2H3. The maximum Gasteiger partial charge on any atom is 0.273 e. The van der Waals surface area contributed by atoms with Gasteiger partial charge in [-0.3, -0.25) is 9.59 Å². The SMILES string of the molecule is CCCCC(=O)N1CCN(C(=O)c2csc(C)n2)CC1. The van der Waals surface area contributed by atoms with Crippen molar-refractivity contribution in [3.8, 4) is 0 Å². The van der Waals surface area contributed by atoms with Gasteiger partial charge in [0.15, 0.2) is 0 Å². The Kier molecular flexibility index (Phi) is 5.11. The van der Waals surface area contributed by atoms with Crippen LogP contribution in [0.1, 0.15) is 41.7 Å². The van der Waals surface area contributed by atoms with E-state index in [4.69, 9.17) is 0 Å². The molecule has 2 heterocycles. The van der Waals surface area contributed by atoms with Crippen LogP contribution in [0.5, 0.6) is 0 Å². The van der Waals surface area contributed by atoms with Crippen LogP contribution in [-0.4, -0.2) is 52.8 Å². The molecule has 1 aromatic rings. The fourth-order valence-corrected chi connectivity index (χ4v) is 2.86. The van der Waals surface area contributed by atoms with Crippen LogP contribution in [0.4, 0.5) is 0 Å². The lowest BCUT2D eigenvalue weighted by molar-refractivity contribution is -0.132. The van der Waals surface area contributed by atoms with Crippen molar-refractivity contribution in [1.82, 2.24) is 14.8 Å². The van der Waals surface area contributed by atoms with Crippen molar-refractivity contribution < 1.29 is 9.59 Å². The minimum atomic E-state index is -0.0185. The van der Waals surface area contributed by atoms with E-state index < -0.39 is 0 Å². The Labute approximate surface area is 123 Å². The van der Waals surface area contributed by atoms with Gasteiger partial charge in [0.2, 0.25) is 5.91 Å². The summed E-state index contributed by atoms with van der Waals surface area (Å²) < 4.78 is 0. The van der Waals surface area contributed by atoms with Crippen molar-refractivity contribution >= 4 is 23.2 Å². The number of nitrogens with zero attached hydrogens (tertiary/aromatic N) is 3. The van der Waals surface area contributed by atoms with Crippen molar-refractivity contribution in [3.63, 3.8) is 0 Å². The molecular weight excluding hydrogens is 274 g/mol. The number of carbonyl (C=O) groups is 2. The summed E-state index contributed by atoms with van der Waals surface area (Å²) >= 11 is 1.49. The number of unbranched alkanes of at least 4 members (excludes halogenated alkanes) is 1. The highest BCUT2D eigenvalue weighted by molar-refractivity contribution is 7.09. The van der Waals surface area contributed by atoms with Gasteiger partial charge in [0.25, 0.3) is 5.91 Å². The summed E-state index contributed by atoms with van der Waals surface area (Å²) in [5.74, 6) is 0.193. The first-order chi connectivity index (χ1) is 9.61. The highest BCUT2D eigenvalue weighted by atomic mass is 32.1. The minimum Gasteiger partial charge on any atom is -0.339 e. The van der Waals surface area contributed by atoms with Gasteiger partial charge in [-0.2, -0.15) is 0 Å². The highest BCUT2D eigenvalue weighted by Gasteiger charge is 2.25. The van der Waals surface area contributed by atoms with Crippen LogP contribution in [-0.2, 0) is 4.79 Å². The summed E-state index contributed by atoms with van der Waals surface area (Å²) in [4.78, 5) is 32.0. The summed E-state index contributed by atoms with van der Waals surface area (Å²) in [7, 11) is 0. The maximum atomic E-state index is 12.2. The molecule has 6 heteroatoms. The second-order valence-corrected chi connectivity index (χ2v) is 6.09. The average Bonchev–Trinajstić information content (AvgIpc) is 2.90. The van der Waals surface area contributed by atoms with E-state index in [-0.39, 0.29) is 11.8 Å². The molecule has 110 valence electrons. The fourth-order valence-electron chi connectivity index (χ4n) is 2.27. The number of rotatable bonds is 4. The van der Waals surface area contributed by atoms with Gasteiger partial charge < -0.3 is 9.80 Å². The smallest absolute Gasteiger partial charge is 0.273 e. The van der Waals surface area contributed by atoms with Gasteiger partial charge in [-0.25, -0.2) is 4.98 Å². The second-order valence-electron chi connectivity index (χ2n) is 5.03. The quantitative estimate of drug-likeness (QED) is 0.853. The Morgan fingerprint density at radius 3 is 2.45 bits per heavy atom. The average molecular weight is 295 g/mol. The van der Waals surface area contributed by atoms with Gasteiger partial charge >= 0.3 is 0 Å². The third-order valence-electron chi connectivity index (χ3n) is 3.50. The molecule has 1 aliphatic rings. The molecule has 0 saturated carbocycles. The number of amides is 2. The van der Waals surface area contributed by atoms with Crippen LogP contribution in [0, 0.1) is 6.92 Å².